The predicted molar refractivity (Wildman–Crippen MR) is 58.4 cm³/mol. The zero-order chi connectivity index (χ0) is 10.8. The van der Waals surface area contributed by atoms with Gasteiger partial charge in [0.15, 0.2) is 0 Å². The molecule has 0 fully saturated rings. The number of anilines is 1. The number of rotatable bonds is 2. The second kappa shape index (κ2) is 3.57. The van der Waals surface area contributed by atoms with E-state index in [0.717, 1.165) is 10.9 Å². The molecular weight excluding hydrogens is 192 g/mol. The average Bonchev–Trinajstić information content (AvgIpc) is 2.61. The molecule has 1 heterocycles. The van der Waals surface area contributed by atoms with Crippen molar-refractivity contribution in [1.82, 2.24) is 4.57 Å². The average molecular weight is 202 g/mol. The van der Waals surface area contributed by atoms with Crippen molar-refractivity contribution < 1.29 is 9.59 Å². The van der Waals surface area contributed by atoms with Crippen molar-refractivity contribution in [2.24, 2.45) is 0 Å². The van der Waals surface area contributed by atoms with Gasteiger partial charge in [0.05, 0.1) is 11.2 Å². The van der Waals surface area contributed by atoms with Crippen LogP contribution >= 0.6 is 0 Å². The van der Waals surface area contributed by atoms with Gasteiger partial charge in [-0.25, -0.2) is 0 Å². The maximum atomic E-state index is 11.0. The Bertz CT molecular complexity index is 528. The van der Waals surface area contributed by atoms with Gasteiger partial charge in [-0.3, -0.25) is 14.2 Å². The number of hydrogen-bond acceptors (Lipinski definition) is 2. The van der Waals surface area contributed by atoms with E-state index in [1.807, 2.05) is 18.2 Å². The summed E-state index contributed by atoms with van der Waals surface area (Å²) in [7, 11) is 0. The van der Waals surface area contributed by atoms with Crippen LogP contribution in [0.4, 0.5) is 5.69 Å². The van der Waals surface area contributed by atoms with E-state index in [1.165, 1.54) is 11.5 Å². The van der Waals surface area contributed by atoms with Gasteiger partial charge in [0, 0.05) is 18.5 Å². The molecule has 1 aromatic heterocycles. The summed E-state index contributed by atoms with van der Waals surface area (Å²) >= 11 is 0. The summed E-state index contributed by atoms with van der Waals surface area (Å²) in [6, 6.07) is 7.32. The molecule has 0 aliphatic rings. The molecule has 0 bridgehead atoms. The summed E-state index contributed by atoms with van der Waals surface area (Å²) in [4.78, 5) is 21.7. The van der Waals surface area contributed by atoms with Crippen LogP contribution < -0.4 is 5.32 Å². The lowest BCUT2D eigenvalue weighted by Crippen LogP contribution is -2.07. The minimum Gasteiger partial charge on any atom is -0.324 e. The number of aromatic nitrogens is 1. The summed E-state index contributed by atoms with van der Waals surface area (Å²) < 4.78 is 1.45. The lowest BCUT2D eigenvalue weighted by Gasteiger charge is -2.05. The fourth-order valence-electron chi connectivity index (χ4n) is 1.60. The number of carbonyl (C=O) groups excluding carboxylic acids is 2. The number of hydrogen-bond donors (Lipinski definition) is 1. The van der Waals surface area contributed by atoms with Gasteiger partial charge in [-0.2, -0.15) is 0 Å². The van der Waals surface area contributed by atoms with Crippen LogP contribution in [-0.2, 0) is 9.59 Å². The van der Waals surface area contributed by atoms with Crippen molar-refractivity contribution >= 4 is 28.9 Å². The number of amides is 1. The molecule has 0 saturated carbocycles. The van der Waals surface area contributed by atoms with E-state index in [4.69, 9.17) is 0 Å². The molecule has 0 atom stereocenters. The monoisotopic (exact) mass is 202 g/mol. The zero-order valence-electron chi connectivity index (χ0n) is 8.23. The van der Waals surface area contributed by atoms with E-state index in [9.17, 15) is 9.59 Å². The zero-order valence-corrected chi connectivity index (χ0v) is 8.23. The molecule has 2 aromatic rings. The van der Waals surface area contributed by atoms with Crippen molar-refractivity contribution in [2.45, 2.75) is 6.92 Å². The van der Waals surface area contributed by atoms with Crippen LogP contribution in [-0.4, -0.2) is 16.9 Å². The first-order chi connectivity index (χ1) is 7.22. The van der Waals surface area contributed by atoms with Gasteiger partial charge in [0.1, 0.15) is 0 Å². The number of benzene rings is 1. The number of fused-ring (bicyclic) bond motifs is 1. The molecule has 1 amide bonds. The van der Waals surface area contributed by atoms with Crippen LogP contribution in [0.3, 0.4) is 0 Å². The van der Waals surface area contributed by atoms with Crippen LogP contribution in [0.2, 0.25) is 0 Å². The minimum atomic E-state index is -0.152. The van der Waals surface area contributed by atoms with Gasteiger partial charge in [0.2, 0.25) is 12.3 Å². The normalized spacial score (nSPS) is 10.2. The van der Waals surface area contributed by atoms with Gasteiger partial charge in [0.25, 0.3) is 0 Å². The molecule has 0 aliphatic heterocycles. The Morgan fingerprint density at radius 1 is 1.40 bits per heavy atom. The van der Waals surface area contributed by atoms with Gasteiger partial charge in [-0.1, -0.05) is 12.1 Å². The molecule has 2 rings (SSSR count). The fraction of sp³-hybridized carbons (Fsp3) is 0.0909. The molecule has 15 heavy (non-hydrogen) atoms. The van der Waals surface area contributed by atoms with E-state index in [0.29, 0.717) is 12.1 Å². The Labute approximate surface area is 86.5 Å². The van der Waals surface area contributed by atoms with Crippen LogP contribution in [0.15, 0.2) is 30.5 Å². The fourth-order valence-corrected chi connectivity index (χ4v) is 1.60. The van der Waals surface area contributed by atoms with Gasteiger partial charge in [-0.05, 0) is 12.1 Å². The highest BCUT2D eigenvalue weighted by molar-refractivity contribution is 6.01. The van der Waals surface area contributed by atoms with Crippen molar-refractivity contribution in [3.8, 4) is 0 Å². The maximum Gasteiger partial charge on any atom is 0.221 e. The smallest absolute Gasteiger partial charge is 0.221 e. The Morgan fingerprint density at radius 2 is 2.20 bits per heavy atom. The highest BCUT2D eigenvalue weighted by atomic mass is 16.1. The Morgan fingerprint density at radius 3 is 2.87 bits per heavy atom. The number of carbonyl (C=O) groups is 2. The van der Waals surface area contributed by atoms with E-state index in [-0.39, 0.29) is 5.91 Å². The molecule has 0 saturated heterocycles. The highest BCUT2D eigenvalue weighted by Gasteiger charge is 2.06. The molecule has 0 radical (unpaired) electrons. The van der Waals surface area contributed by atoms with E-state index in [1.54, 1.807) is 12.3 Å². The van der Waals surface area contributed by atoms with E-state index >= 15 is 0 Å². The van der Waals surface area contributed by atoms with Crippen molar-refractivity contribution in [3.05, 3.63) is 30.5 Å². The molecule has 4 nitrogen and oxygen atoms in total. The lowest BCUT2D eigenvalue weighted by atomic mass is 10.2. The van der Waals surface area contributed by atoms with Crippen LogP contribution in [0.25, 0.3) is 10.9 Å². The molecule has 0 aliphatic carbocycles. The first kappa shape index (κ1) is 9.45. The van der Waals surface area contributed by atoms with E-state index < -0.39 is 0 Å². The van der Waals surface area contributed by atoms with Crippen LogP contribution in [0.5, 0.6) is 0 Å². The predicted octanol–water partition coefficient (Wildman–Crippen LogP) is 1.64. The van der Waals surface area contributed by atoms with Crippen LogP contribution in [0, 0.1) is 0 Å². The highest BCUT2D eigenvalue weighted by Crippen LogP contribution is 2.23. The van der Waals surface area contributed by atoms with Crippen molar-refractivity contribution in [3.63, 3.8) is 0 Å². The van der Waals surface area contributed by atoms with E-state index in [2.05, 4.69) is 5.32 Å². The molecule has 0 unspecified atom stereocenters. The SMILES string of the molecule is CC(=O)Nc1cccc2ccn(C=O)c12. The minimum absolute atomic E-state index is 0.152. The molecule has 1 aromatic carbocycles. The second-order valence-corrected chi connectivity index (χ2v) is 3.25. The number of nitrogens with zero attached hydrogens (tertiary/aromatic N) is 1. The third-order valence-corrected chi connectivity index (χ3v) is 2.16. The quantitative estimate of drug-likeness (QED) is 0.752. The standard InChI is InChI=1S/C11H10N2O2/c1-8(15)12-10-4-2-3-9-5-6-13(7-14)11(9)10/h2-7H,1H3,(H,12,15). The molecule has 1 N–H and O–H groups in total. The third kappa shape index (κ3) is 1.61. The molecular formula is C11H10N2O2. The third-order valence-electron chi connectivity index (χ3n) is 2.16. The second-order valence-electron chi connectivity index (χ2n) is 3.25. The number of nitrogens with one attached hydrogen (secondary N) is 1. The Balaban J connectivity index is 2.66. The first-order valence-electron chi connectivity index (χ1n) is 4.55. The summed E-state index contributed by atoms with van der Waals surface area (Å²) in [6.07, 6.45) is 2.39. The number of para-hydroxylation sites is 1. The van der Waals surface area contributed by atoms with Crippen LogP contribution in [0.1, 0.15) is 6.92 Å². The summed E-state index contributed by atoms with van der Waals surface area (Å²) in [5, 5.41) is 3.61. The lowest BCUT2D eigenvalue weighted by molar-refractivity contribution is -0.114. The van der Waals surface area contributed by atoms with Gasteiger partial charge >= 0.3 is 0 Å². The Hall–Kier alpha value is -2.10. The summed E-state index contributed by atoms with van der Waals surface area (Å²) in [6.45, 7) is 1.44. The van der Waals surface area contributed by atoms with Gasteiger partial charge in [-0.15, -0.1) is 0 Å². The molecule has 76 valence electrons. The summed E-state index contributed by atoms with van der Waals surface area (Å²) in [5.41, 5.74) is 1.37. The van der Waals surface area contributed by atoms with Crippen molar-refractivity contribution in [2.75, 3.05) is 5.32 Å². The largest absolute Gasteiger partial charge is 0.324 e. The Kier molecular flexibility index (Phi) is 2.25. The first-order valence-corrected chi connectivity index (χ1v) is 4.55. The van der Waals surface area contributed by atoms with Gasteiger partial charge < -0.3 is 5.32 Å². The molecule has 0 spiro atoms. The summed E-state index contributed by atoms with van der Waals surface area (Å²) in [5.74, 6) is -0.152. The maximum absolute atomic E-state index is 11.0. The topological polar surface area (TPSA) is 51.1 Å². The van der Waals surface area contributed by atoms with Crippen molar-refractivity contribution in [1.29, 1.82) is 0 Å². The molecule has 4 heteroatoms.